The van der Waals surface area contributed by atoms with Crippen LogP contribution in [-0.4, -0.2) is 56.4 Å². The number of benzene rings is 2. The molecule has 5 rings (SSSR count). The maximum Gasteiger partial charge on any atom is 0.307 e. The Kier molecular flexibility index (Phi) is 5.58. The molecule has 1 aliphatic heterocycles. The van der Waals surface area contributed by atoms with Gasteiger partial charge in [0.15, 0.2) is 5.13 Å². The number of anilines is 1. The van der Waals surface area contributed by atoms with Crippen molar-refractivity contribution in [3.05, 3.63) is 53.2 Å². The topological polar surface area (TPSA) is 74.5 Å². The van der Waals surface area contributed by atoms with Crippen LogP contribution in [-0.2, 0) is 18.3 Å². The predicted molar refractivity (Wildman–Crippen MR) is 133 cm³/mol. The molecule has 1 aliphatic rings. The minimum Gasteiger partial charge on any atom is -0.481 e. The Labute approximate surface area is 197 Å². The number of aliphatic carboxylic acids is 1. The molecule has 3 heterocycles. The number of piperazine rings is 1. The Bertz CT molecular complexity index is 1340. The smallest absolute Gasteiger partial charge is 0.307 e. The fraction of sp³-hybridized carbons (Fsp3) is 0.400. The van der Waals surface area contributed by atoms with Gasteiger partial charge in [0, 0.05) is 38.1 Å². The molecule has 4 aromatic rings. The number of aromatic nitrogens is 3. The van der Waals surface area contributed by atoms with Crippen LogP contribution in [0.4, 0.5) is 5.13 Å². The van der Waals surface area contributed by atoms with Crippen molar-refractivity contribution in [2.75, 3.05) is 24.5 Å². The van der Waals surface area contributed by atoms with Gasteiger partial charge in [0.1, 0.15) is 0 Å². The van der Waals surface area contributed by atoms with Crippen LogP contribution in [0.15, 0.2) is 36.5 Å². The fourth-order valence-corrected chi connectivity index (χ4v) is 5.92. The van der Waals surface area contributed by atoms with Crippen LogP contribution < -0.4 is 4.90 Å². The minimum absolute atomic E-state index is 0.0426. The number of thiazole rings is 1. The summed E-state index contributed by atoms with van der Waals surface area (Å²) in [6.07, 6.45) is 1.98. The molecular weight excluding hydrogens is 434 g/mol. The van der Waals surface area contributed by atoms with Crippen molar-refractivity contribution in [1.82, 2.24) is 19.7 Å². The number of hydrogen-bond acceptors (Lipinski definition) is 6. The summed E-state index contributed by atoms with van der Waals surface area (Å²) in [6, 6.07) is 11.4. The van der Waals surface area contributed by atoms with E-state index in [0.29, 0.717) is 6.04 Å². The van der Waals surface area contributed by atoms with Gasteiger partial charge in [-0.3, -0.25) is 14.4 Å². The van der Waals surface area contributed by atoms with E-state index in [2.05, 4.69) is 46.9 Å². The molecule has 1 saturated heterocycles. The average molecular weight is 464 g/mol. The van der Waals surface area contributed by atoms with Crippen LogP contribution in [0, 0.1) is 6.92 Å². The second-order valence-corrected chi connectivity index (χ2v) is 10.2. The molecule has 0 saturated carbocycles. The normalized spacial score (nSPS) is 17.5. The van der Waals surface area contributed by atoms with Gasteiger partial charge in [0.05, 0.1) is 34.4 Å². The second kappa shape index (κ2) is 8.43. The zero-order chi connectivity index (χ0) is 23.3. The molecule has 1 unspecified atom stereocenters. The van der Waals surface area contributed by atoms with E-state index in [9.17, 15) is 9.90 Å². The summed E-state index contributed by atoms with van der Waals surface area (Å²) < 4.78 is 2.96. The molecule has 1 atom stereocenters. The molecule has 0 aliphatic carbocycles. The number of hydrogen-bond donors (Lipinski definition) is 1. The van der Waals surface area contributed by atoms with E-state index < -0.39 is 5.97 Å². The number of carboxylic acids is 1. The van der Waals surface area contributed by atoms with Crippen molar-refractivity contribution in [3.63, 3.8) is 0 Å². The van der Waals surface area contributed by atoms with E-state index in [0.717, 1.165) is 57.0 Å². The van der Waals surface area contributed by atoms with Gasteiger partial charge in [0.25, 0.3) is 0 Å². The highest BCUT2D eigenvalue weighted by molar-refractivity contribution is 7.22. The van der Waals surface area contributed by atoms with E-state index in [1.165, 1.54) is 5.56 Å². The van der Waals surface area contributed by atoms with Gasteiger partial charge in [0.2, 0.25) is 0 Å². The number of aryl methyl sites for hydroxylation is 2. The number of fused-ring (bicyclic) bond motifs is 2. The first-order valence-corrected chi connectivity index (χ1v) is 12.2. The van der Waals surface area contributed by atoms with Crippen molar-refractivity contribution < 1.29 is 9.90 Å². The molecule has 33 heavy (non-hydrogen) atoms. The molecule has 8 heteroatoms. The summed E-state index contributed by atoms with van der Waals surface area (Å²) in [7, 11) is 1.97. The van der Waals surface area contributed by atoms with Gasteiger partial charge in [-0.1, -0.05) is 17.4 Å². The largest absolute Gasteiger partial charge is 0.481 e. The van der Waals surface area contributed by atoms with Gasteiger partial charge in [-0.05, 0) is 61.7 Å². The Hall–Kier alpha value is -2.97. The first kappa shape index (κ1) is 21.9. The van der Waals surface area contributed by atoms with E-state index in [1.807, 2.05) is 37.0 Å². The highest BCUT2D eigenvalue weighted by Crippen LogP contribution is 2.36. The Morgan fingerprint density at radius 3 is 2.82 bits per heavy atom. The van der Waals surface area contributed by atoms with Crippen LogP contribution >= 0.6 is 11.3 Å². The lowest BCUT2D eigenvalue weighted by Gasteiger charge is -2.43. The van der Waals surface area contributed by atoms with Gasteiger partial charge in [-0.15, -0.1) is 0 Å². The SMILES string of the molecule is Cc1cc2nc(N3CCN(C(C)C)C(c4ccc5c(cnn5C)c4)C3)sc2cc1CC(=O)O. The number of rotatable bonds is 5. The molecule has 7 nitrogen and oxygen atoms in total. The third-order valence-corrected chi connectivity index (χ3v) is 7.77. The number of carbonyl (C=O) groups is 1. The lowest BCUT2D eigenvalue weighted by atomic mass is 9.99. The van der Waals surface area contributed by atoms with Gasteiger partial charge in [-0.2, -0.15) is 5.10 Å². The molecule has 0 spiro atoms. The highest BCUT2D eigenvalue weighted by atomic mass is 32.1. The third kappa shape index (κ3) is 4.09. The van der Waals surface area contributed by atoms with Crippen LogP contribution in [0.3, 0.4) is 0 Å². The van der Waals surface area contributed by atoms with Crippen molar-refractivity contribution >= 4 is 43.6 Å². The molecule has 0 bridgehead atoms. The summed E-state index contributed by atoms with van der Waals surface area (Å²) in [5.74, 6) is -0.805. The van der Waals surface area contributed by atoms with E-state index in [4.69, 9.17) is 4.98 Å². The fourth-order valence-electron chi connectivity index (χ4n) is 4.87. The van der Waals surface area contributed by atoms with E-state index in [1.54, 1.807) is 11.3 Å². The highest BCUT2D eigenvalue weighted by Gasteiger charge is 2.31. The molecule has 0 radical (unpaired) electrons. The molecule has 1 fully saturated rings. The standard InChI is InChI=1S/C25H29N5O2S/c1-15(2)30-8-7-29(14-22(30)17-5-6-21-19(10-17)13-26-28(21)4)25-27-20-9-16(3)18(12-24(31)32)11-23(20)33-25/h5-6,9-11,13,15,22H,7-8,12,14H2,1-4H3,(H,31,32). The van der Waals surface area contributed by atoms with Crippen LogP contribution in [0.25, 0.3) is 21.1 Å². The summed E-state index contributed by atoms with van der Waals surface area (Å²) >= 11 is 1.66. The lowest BCUT2D eigenvalue weighted by Crippen LogP contribution is -2.50. The van der Waals surface area contributed by atoms with Crippen molar-refractivity contribution in [2.45, 2.75) is 39.3 Å². The zero-order valence-electron chi connectivity index (χ0n) is 19.4. The molecule has 1 N–H and O–H groups in total. The van der Waals surface area contributed by atoms with E-state index >= 15 is 0 Å². The Balaban J connectivity index is 1.47. The molecule has 2 aromatic heterocycles. The number of nitrogens with zero attached hydrogens (tertiary/aromatic N) is 5. The minimum atomic E-state index is -0.805. The maximum absolute atomic E-state index is 11.2. The van der Waals surface area contributed by atoms with Crippen LogP contribution in [0.2, 0.25) is 0 Å². The summed E-state index contributed by atoms with van der Waals surface area (Å²) in [4.78, 5) is 21.1. The summed E-state index contributed by atoms with van der Waals surface area (Å²) in [6.45, 7) is 9.23. The third-order valence-electron chi connectivity index (χ3n) is 6.69. The van der Waals surface area contributed by atoms with Crippen molar-refractivity contribution in [3.8, 4) is 0 Å². The predicted octanol–water partition coefficient (Wildman–Crippen LogP) is 4.39. The first-order valence-electron chi connectivity index (χ1n) is 11.3. The monoisotopic (exact) mass is 463 g/mol. The van der Waals surface area contributed by atoms with Gasteiger partial charge in [-0.25, -0.2) is 4.98 Å². The first-order chi connectivity index (χ1) is 15.8. The van der Waals surface area contributed by atoms with E-state index in [-0.39, 0.29) is 12.5 Å². The summed E-state index contributed by atoms with van der Waals surface area (Å²) in [5.41, 5.74) is 5.23. The van der Waals surface area contributed by atoms with Gasteiger partial charge < -0.3 is 10.0 Å². The maximum atomic E-state index is 11.2. The second-order valence-electron chi connectivity index (χ2n) is 9.19. The molecule has 2 aromatic carbocycles. The molecule has 172 valence electrons. The number of carboxylic acid groups (broad SMARTS) is 1. The average Bonchev–Trinajstić information content (AvgIpc) is 3.36. The van der Waals surface area contributed by atoms with Crippen LogP contribution in [0.5, 0.6) is 0 Å². The van der Waals surface area contributed by atoms with Crippen molar-refractivity contribution in [2.24, 2.45) is 7.05 Å². The van der Waals surface area contributed by atoms with Gasteiger partial charge >= 0.3 is 5.97 Å². The Morgan fingerprint density at radius 2 is 2.06 bits per heavy atom. The van der Waals surface area contributed by atoms with Crippen molar-refractivity contribution in [1.29, 1.82) is 0 Å². The molecular formula is C25H29N5O2S. The lowest BCUT2D eigenvalue weighted by molar-refractivity contribution is -0.136. The quantitative estimate of drug-likeness (QED) is 0.473. The molecule has 0 amide bonds. The summed E-state index contributed by atoms with van der Waals surface area (Å²) in [5, 5.41) is 15.8. The Morgan fingerprint density at radius 1 is 1.24 bits per heavy atom. The van der Waals surface area contributed by atoms with Crippen LogP contribution in [0.1, 0.15) is 36.6 Å². The zero-order valence-corrected chi connectivity index (χ0v) is 20.3.